The van der Waals surface area contributed by atoms with E-state index in [1.165, 1.54) is 0 Å². The van der Waals surface area contributed by atoms with Gasteiger partial charge in [0, 0.05) is 17.4 Å². The van der Waals surface area contributed by atoms with Gasteiger partial charge in [0.05, 0.1) is 17.2 Å². The number of carboxylic acids is 1. The SMILES string of the molecule is N=C=S.O=C(O)CCCC[C@@H]1SC[C@@H]2NC(=O)N[C@@H]21. The highest BCUT2D eigenvalue weighted by atomic mass is 32.2. The Morgan fingerprint density at radius 1 is 1.53 bits per heavy atom. The van der Waals surface area contributed by atoms with Crippen LogP contribution in [0.4, 0.5) is 4.79 Å². The van der Waals surface area contributed by atoms with E-state index < -0.39 is 5.97 Å². The number of carbonyl (C=O) groups excluding carboxylic acids is 1. The van der Waals surface area contributed by atoms with Crippen LogP contribution in [0.1, 0.15) is 25.7 Å². The maximum Gasteiger partial charge on any atom is 0.315 e. The number of thioether (sulfide) groups is 1. The van der Waals surface area contributed by atoms with Crippen LogP contribution >= 0.6 is 24.0 Å². The molecule has 4 N–H and O–H groups in total. The quantitative estimate of drug-likeness (QED) is 0.266. The molecule has 8 heteroatoms. The summed E-state index contributed by atoms with van der Waals surface area (Å²) in [5.74, 6) is 0.236. The third-order valence-corrected chi connectivity index (χ3v) is 4.58. The number of carboxylic acid groups (broad SMARTS) is 1. The number of isothiocyanates is 1. The van der Waals surface area contributed by atoms with E-state index in [-0.39, 0.29) is 24.5 Å². The van der Waals surface area contributed by atoms with E-state index in [0.29, 0.717) is 5.25 Å². The average molecular weight is 303 g/mol. The van der Waals surface area contributed by atoms with Gasteiger partial charge in [-0.2, -0.15) is 11.8 Å². The van der Waals surface area contributed by atoms with Crippen molar-refractivity contribution < 1.29 is 14.7 Å². The lowest BCUT2D eigenvalue weighted by Crippen LogP contribution is -2.36. The largest absolute Gasteiger partial charge is 0.481 e. The maximum absolute atomic E-state index is 11.1. The van der Waals surface area contributed by atoms with E-state index in [2.05, 4.69) is 22.9 Å². The third-order valence-electron chi connectivity index (χ3n) is 3.07. The minimum absolute atomic E-state index is 0.0640. The number of nitrogens with one attached hydrogen (secondary N) is 3. The Bertz CT molecular complexity index is 372. The molecular weight excluding hydrogens is 286 g/mol. The Hall–Kier alpha value is -1.11. The second-order valence-electron chi connectivity index (χ2n) is 4.36. The van der Waals surface area contributed by atoms with Gasteiger partial charge in [0.2, 0.25) is 0 Å². The monoisotopic (exact) mass is 303 g/mol. The molecule has 0 bridgehead atoms. The van der Waals surface area contributed by atoms with Crippen LogP contribution in [0.3, 0.4) is 0 Å². The van der Waals surface area contributed by atoms with Gasteiger partial charge in [-0.25, -0.2) is 10.2 Å². The number of fused-ring (bicyclic) bond motifs is 1. The highest BCUT2D eigenvalue weighted by molar-refractivity contribution is 8.00. The molecule has 3 atom stereocenters. The van der Waals surface area contributed by atoms with Crippen LogP contribution in [0.15, 0.2) is 0 Å². The van der Waals surface area contributed by atoms with Gasteiger partial charge in [-0.15, -0.1) is 0 Å². The van der Waals surface area contributed by atoms with Crippen molar-refractivity contribution in [3.63, 3.8) is 0 Å². The molecule has 0 radical (unpaired) electrons. The fraction of sp³-hybridized carbons (Fsp3) is 0.727. The molecule has 2 aliphatic heterocycles. The van der Waals surface area contributed by atoms with Crippen molar-refractivity contribution in [1.29, 1.82) is 5.41 Å². The van der Waals surface area contributed by atoms with Crippen molar-refractivity contribution in [2.24, 2.45) is 0 Å². The Morgan fingerprint density at radius 2 is 2.21 bits per heavy atom. The van der Waals surface area contributed by atoms with Crippen molar-refractivity contribution in [3.8, 4) is 0 Å². The lowest BCUT2D eigenvalue weighted by atomic mass is 10.0. The summed E-state index contributed by atoms with van der Waals surface area (Å²) in [5, 5.41) is 22.1. The fourth-order valence-corrected chi connectivity index (χ4v) is 3.81. The van der Waals surface area contributed by atoms with Crippen LogP contribution in [0.25, 0.3) is 0 Å². The first kappa shape index (κ1) is 15.9. The van der Waals surface area contributed by atoms with E-state index in [0.717, 1.165) is 25.0 Å². The standard InChI is InChI=1S/C10H16N2O3S.CHNS/c13-8(14)4-2-1-3-7-9-6(5-16-7)11-10(15)12-9;2-1-3/h6-7,9H,1-5H2,(H,13,14)(H2,11,12,15);2H/t6-,7-,9-;/m0./s1. The third kappa shape index (κ3) is 5.18. The number of amides is 2. The van der Waals surface area contributed by atoms with Gasteiger partial charge in [0.1, 0.15) is 0 Å². The van der Waals surface area contributed by atoms with E-state index >= 15 is 0 Å². The number of carbonyl (C=O) groups is 2. The molecule has 106 valence electrons. The fourth-order valence-electron chi connectivity index (χ4n) is 2.26. The molecule has 6 nitrogen and oxygen atoms in total. The zero-order chi connectivity index (χ0) is 14.3. The van der Waals surface area contributed by atoms with Crippen LogP contribution in [-0.4, -0.2) is 45.4 Å². The molecule has 0 aromatic rings. The number of urea groups is 1. The number of hydrogen-bond acceptors (Lipinski definition) is 5. The minimum Gasteiger partial charge on any atom is -0.481 e. The zero-order valence-electron chi connectivity index (χ0n) is 10.3. The molecule has 0 aromatic carbocycles. The Balaban J connectivity index is 0.000000550. The summed E-state index contributed by atoms with van der Waals surface area (Å²) in [7, 11) is 0. The molecule has 2 aliphatic rings. The summed E-state index contributed by atoms with van der Waals surface area (Å²) in [4.78, 5) is 21.5. The van der Waals surface area contributed by atoms with Gasteiger partial charge < -0.3 is 15.7 Å². The van der Waals surface area contributed by atoms with E-state index in [9.17, 15) is 9.59 Å². The first-order valence-electron chi connectivity index (χ1n) is 6.02. The van der Waals surface area contributed by atoms with Crippen molar-refractivity contribution >= 4 is 41.1 Å². The smallest absolute Gasteiger partial charge is 0.315 e. The topological polar surface area (TPSA) is 102 Å². The first-order valence-corrected chi connectivity index (χ1v) is 7.48. The Kier molecular flexibility index (Phi) is 6.83. The molecule has 2 saturated heterocycles. The first-order chi connectivity index (χ1) is 9.08. The highest BCUT2D eigenvalue weighted by Crippen LogP contribution is 2.33. The average Bonchev–Trinajstić information content (AvgIpc) is 2.85. The van der Waals surface area contributed by atoms with Crippen LogP contribution in [0.5, 0.6) is 0 Å². The van der Waals surface area contributed by atoms with Gasteiger partial charge in [0.15, 0.2) is 0 Å². The summed E-state index contributed by atoms with van der Waals surface area (Å²) in [6.07, 6.45) is 2.88. The summed E-state index contributed by atoms with van der Waals surface area (Å²) in [6.45, 7) is 0. The number of unbranched alkanes of at least 4 members (excludes halogenated alkanes) is 1. The van der Waals surface area contributed by atoms with E-state index in [4.69, 9.17) is 10.5 Å². The van der Waals surface area contributed by atoms with Gasteiger partial charge >= 0.3 is 12.0 Å². The lowest BCUT2D eigenvalue weighted by molar-refractivity contribution is -0.137. The van der Waals surface area contributed by atoms with Gasteiger partial charge in [-0.1, -0.05) is 6.42 Å². The second kappa shape index (κ2) is 8.14. The van der Waals surface area contributed by atoms with Gasteiger partial charge in [-0.3, -0.25) is 4.79 Å². The van der Waals surface area contributed by atoms with Crippen LogP contribution in [0, 0.1) is 5.41 Å². The molecule has 0 aromatic heterocycles. The highest BCUT2D eigenvalue weighted by Gasteiger charge is 2.42. The van der Waals surface area contributed by atoms with Crippen LogP contribution < -0.4 is 10.6 Å². The number of thiocarbonyl (C=S) groups is 1. The van der Waals surface area contributed by atoms with Crippen LogP contribution in [0.2, 0.25) is 0 Å². The molecule has 2 amide bonds. The van der Waals surface area contributed by atoms with Crippen molar-refractivity contribution in [2.45, 2.75) is 43.0 Å². The summed E-state index contributed by atoms with van der Waals surface area (Å²) in [6, 6.07) is 0.440. The summed E-state index contributed by atoms with van der Waals surface area (Å²) < 4.78 is 0. The molecule has 0 unspecified atom stereocenters. The molecular formula is C11H17N3O3S2. The zero-order valence-corrected chi connectivity index (χ0v) is 12.0. The van der Waals surface area contributed by atoms with Crippen molar-refractivity contribution in [1.82, 2.24) is 10.6 Å². The molecule has 2 heterocycles. The molecule has 19 heavy (non-hydrogen) atoms. The summed E-state index contributed by atoms with van der Waals surface area (Å²) >= 11 is 5.68. The van der Waals surface area contributed by atoms with Crippen molar-refractivity contribution in [2.75, 3.05) is 5.75 Å². The normalized spacial score (nSPS) is 27.4. The Labute approximate surface area is 121 Å². The molecule has 0 aliphatic carbocycles. The molecule has 2 rings (SSSR count). The van der Waals surface area contributed by atoms with E-state index in [1.54, 1.807) is 5.16 Å². The lowest BCUT2D eigenvalue weighted by Gasteiger charge is -2.16. The number of hydrogen-bond donors (Lipinski definition) is 4. The minimum atomic E-state index is -0.729. The van der Waals surface area contributed by atoms with Crippen molar-refractivity contribution in [3.05, 3.63) is 0 Å². The molecule has 2 fully saturated rings. The summed E-state index contributed by atoms with van der Waals surface area (Å²) in [5.41, 5.74) is 0. The van der Waals surface area contributed by atoms with Gasteiger partial charge in [-0.05, 0) is 25.1 Å². The Morgan fingerprint density at radius 3 is 2.84 bits per heavy atom. The number of aliphatic carboxylic acids is 1. The maximum atomic E-state index is 11.1. The van der Waals surface area contributed by atoms with E-state index in [1.807, 2.05) is 11.8 Å². The second-order valence-corrected chi connectivity index (χ2v) is 5.84. The number of rotatable bonds is 5. The predicted octanol–water partition coefficient (Wildman–Crippen LogP) is 1.46. The van der Waals surface area contributed by atoms with Gasteiger partial charge in [0.25, 0.3) is 0 Å². The molecule has 0 spiro atoms. The van der Waals surface area contributed by atoms with Crippen LogP contribution in [-0.2, 0) is 4.79 Å². The molecule has 0 saturated carbocycles. The predicted molar refractivity (Wildman–Crippen MR) is 76.9 cm³/mol.